The van der Waals surface area contributed by atoms with Gasteiger partial charge in [-0.25, -0.2) is 0 Å². The Morgan fingerprint density at radius 1 is 1.47 bits per heavy atom. The van der Waals surface area contributed by atoms with Crippen LogP contribution in [0.1, 0.15) is 25.5 Å². The fraction of sp³-hybridized carbons (Fsp3) is 0.333. The predicted octanol–water partition coefficient (Wildman–Crippen LogP) is 3.37. The molecular formula is C12H14ClNO. The molecule has 80 valence electrons. The summed E-state index contributed by atoms with van der Waals surface area (Å²) in [6, 6.07) is 5.81. The lowest BCUT2D eigenvalue weighted by Crippen LogP contribution is -1.91. The van der Waals surface area contributed by atoms with Gasteiger partial charge in [-0.05, 0) is 26.0 Å². The van der Waals surface area contributed by atoms with Crippen molar-refractivity contribution in [3.05, 3.63) is 35.0 Å². The lowest BCUT2D eigenvalue weighted by molar-refractivity contribution is 0.200. The zero-order valence-corrected chi connectivity index (χ0v) is 9.62. The van der Waals surface area contributed by atoms with Gasteiger partial charge in [-0.2, -0.15) is 0 Å². The second-order valence-corrected chi connectivity index (χ2v) is 4.09. The van der Waals surface area contributed by atoms with Gasteiger partial charge in [0, 0.05) is 29.2 Å². The molecule has 3 heteroatoms. The smallest absolute Gasteiger partial charge is 0.0783 e. The monoisotopic (exact) mass is 223 g/mol. The minimum absolute atomic E-state index is 0.486. The standard InChI is InChI=1S/C12H14ClNO/c1-3-14-7-9(8(2)15)12-10(13)5-4-6-11(12)14/h4-8,15H,3H2,1-2H3. The van der Waals surface area contributed by atoms with Crippen molar-refractivity contribution in [2.24, 2.45) is 0 Å². The van der Waals surface area contributed by atoms with E-state index in [0.717, 1.165) is 23.0 Å². The zero-order valence-electron chi connectivity index (χ0n) is 8.87. The molecule has 1 aromatic carbocycles. The van der Waals surface area contributed by atoms with Crippen molar-refractivity contribution >= 4 is 22.5 Å². The lowest BCUT2D eigenvalue weighted by Gasteiger charge is -2.02. The number of hydrogen-bond donors (Lipinski definition) is 1. The SMILES string of the molecule is CCn1cc(C(C)O)c2c(Cl)cccc21. The second kappa shape index (κ2) is 3.87. The fourth-order valence-electron chi connectivity index (χ4n) is 1.92. The number of benzene rings is 1. The molecule has 0 amide bonds. The van der Waals surface area contributed by atoms with Crippen molar-refractivity contribution < 1.29 is 5.11 Å². The van der Waals surface area contributed by atoms with Crippen LogP contribution in [-0.2, 0) is 6.54 Å². The summed E-state index contributed by atoms with van der Waals surface area (Å²) in [4.78, 5) is 0. The maximum absolute atomic E-state index is 9.68. The van der Waals surface area contributed by atoms with Gasteiger partial charge in [-0.1, -0.05) is 17.7 Å². The zero-order chi connectivity index (χ0) is 11.0. The Morgan fingerprint density at radius 3 is 2.80 bits per heavy atom. The van der Waals surface area contributed by atoms with Crippen molar-refractivity contribution in [3.63, 3.8) is 0 Å². The molecule has 1 aromatic heterocycles. The van der Waals surface area contributed by atoms with Gasteiger partial charge >= 0.3 is 0 Å². The molecule has 0 spiro atoms. The molecule has 0 aliphatic rings. The van der Waals surface area contributed by atoms with E-state index in [-0.39, 0.29) is 0 Å². The molecule has 2 aromatic rings. The first-order valence-corrected chi connectivity index (χ1v) is 5.48. The summed E-state index contributed by atoms with van der Waals surface area (Å²) in [6.07, 6.45) is 1.49. The average molecular weight is 224 g/mol. The number of nitrogens with zero attached hydrogens (tertiary/aromatic N) is 1. The lowest BCUT2D eigenvalue weighted by atomic mass is 10.1. The Labute approximate surface area is 94.1 Å². The van der Waals surface area contributed by atoms with Crippen molar-refractivity contribution in [2.75, 3.05) is 0 Å². The number of aryl methyl sites for hydroxylation is 1. The van der Waals surface area contributed by atoms with Crippen LogP contribution >= 0.6 is 11.6 Å². The Bertz CT molecular complexity index is 488. The Morgan fingerprint density at radius 2 is 2.20 bits per heavy atom. The van der Waals surface area contributed by atoms with Crippen LogP contribution in [0.25, 0.3) is 10.9 Å². The summed E-state index contributed by atoms with van der Waals surface area (Å²) in [6.45, 7) is 4.72. The average Bonchev–Trinajstić information content (AvgIpc) is 2.58. The van der Waals surface area contributed by atoms with Crippen molar-refractivity contribution in [1.82, 2.24) is 4.57 Å². The molecule has 1 heterocycles. The molecule has 0 saturated heterocycles. The van der Waals surface area contributed by atoms with Gasteiger partial charge in [-0.15, -0.1) is 0 Å². The molecule has 0 radical (unpaired) electrons. The number of aliphatic hydroxyl groups excluding tert-OH is 1. The van der Waals surface area contributed by atoms with Gasteiger partial charge in [0.25, 0.3) is 0 Å². The Hall–Kier alpha value is -0.990. The largest absolute Gasteiger partial charge is 0.389 e. The fourth-order valence-corrected chi connectivity index (χ4v) is 2.20. The third-order valence-electron chi connectivity index (χ3n) is 2.68. The third kappa shape index (κ3) is 1.64. The van der Waals surface area contributed by atoms with E-state index in [1.807, 2.05) is 24.4 Å². The molecule has 0 aliphatic carbocycles. The van der Waals surface area contributed by atoms with Gasteiger partial charge in [0.15, 0.2) is 0 Å². The van der Waals surface area contributed by atoms with Gasteiger partial charge in [0.05, 0.1) is 11.1 Å². The van der Waals surface area contributed by atoms with E-state index >= 15 is 0 Å². The van der Waals surface area contributed by atoms with E-state index in [4.69, 9.17) is 11.6 Å². The van der Waals surface area contributed by atoms with Gasteiger partial charge in [0.1, 0.15) is 0 Å². The summed E-state index contributed by atoms with van der Waals surface area (Å²) >= 11 is 6.15. The molecule has 15 heavy (non-hydrogen) atoms. The normalized spacial score (nSPS) is 13.3. The molecule has 2 rings (SSSR count). The number of aromatic nitrogens is 1. The van der Waals surface area contributed by atoms with E-state index in [2.05, 4.69) is 11.5 Å². The molecule has 1 N–H and O–H groups in total. The Kier molecular flexibility index (Phi) is 2.72. The highest BCUT2D eigenvalue weighted by Crippen LogP contribution is 2.32. The molecule has 0 fully saturated rings. The molecule has 1 atom stereocenters. The minimum atomic E-state index is -0.486. The summed E-state index contributed by atoms with van der Waals surface area (Å²) in [5, 5.41) is 11.4. The van der Waals surface area contributed by atoms with Gasteiger partial charge in [0.2, 0.25) is 0 Å². The van der Waals surface area contributed by atoms with Crippen molar-refractivity contribution in [2.45, 2.75) is 26.5 Å². The van der Waals surface area contributed by atoms with Gasteiger partial charge in [-0.3, -0.25) is 0 Å². The summed E-state index contributed by atoms with van der Waals surface area (Å²) in [5.74, 6) is 0. The minimum Gasteiger partial charge on any atom is -0.389 e. The number of rotatable bonds is 2. The van der Waals surface area contributed by atoms with Crippen LogP contribution in [0.15, 0.2) is 24.4 Å². The van der Waals surface area contributed by atoms with E-state index in [0.29, 0.717) is 5.02 Å². The maximum atomic E-state index is 9.68. The summed E-state index contributed by atoms with van der Waals surface area (Å²) < 4.78 is 2.10. The highest BCUT2D eigenvalue weighted by atomic mass is 35.5. The van der Waals surface area contributed by atoms with E-state index in [1.165, 1.54) is 0 Å². The van der Waals surface area contributed by atoms with Crippen LogP contribution in [-0.4, -0.2) is 9.67 Å². The first-order chi connectivity index (χ1) is 7.15. The number of aliphatic hydroxyl groups is 1. The van der Waals surface area contributed by atoms with E-state index < -0.39 is 6.10 Å². The van der Waals surface area contributed by atoms with E-state index in [9.17, 15) is 5.11 Å². The van der Waals surface area contributed by atoms with Crippen LogP contribution < -0.4 is 0 Å². The van der Waals surface area contributed by atoms with Crippen LogP contribution in [0, 0.1) is 0 Å². The molecule has 2 nitrogen and oxygen atoms in total. The number of hydrogen-bond acceptors (Lipinski definition) is 1. The predicted molar refractivity (Wildman–Crippen MR) is 63.3 cm³/mol. The molecule has 0 saturated carbocycles. The van der Waals surface area contributed by atoms with Crippen molar-refractivity contribution in [1.29, 1.82) is 0 Å². The molecule has 1 unspecified atom stereocenters. The molecular weight excluding hydrogens is 210 g/mol. The van der Waals surface area contributed by atoms with Crippen LogP contribution in [0.3, 0.4) is 0 Å². The highest BCUT2D eigenvalue weighted by molar-refractivity contribution is 6.35. The topological polar surface area (TPSA) is 25.2 Å². The van der Waals surface area contributed by atoms with Crippen LogP contribution in [0.2, 0.25) is 5.02 Å². The molecule has 0 bridgehead atoms. The third-order valence-corrected chi connectivity index (χ3v) is 2.99. The first-order valence-electron chi connectivity index (χ1n) is 5.10. The van der Waals surface area contributed by atoms with Crippen molar-refractivity contribution in [3.8, 4) is 0 Å². The number of fused-ring (bicyclic) bond motifs is 1. The van der Waals surface area contributed by atoms with Crippen LogP contribution in [0.5, 0.6) is 0 Å². The quantitative estimate of drug-likeness (QED) is 0.830. The second-order valence-electron chi connectivity index (χ2n) is 3.68. The van der Waals surface area contributed by atoms with Gasteiger partial charge < -0.3 is 9.67 Å². The summed E-state index contributed by atoms with van der Waals surface area (Å²) in [5.41, 5.74) is 1.98. The first kappa shape index (κ1) is 10.5. The molecule has 0 aliphatic heterocycles. The Balaban J connectivity index is 2.82. The van der Waals surface area contributed by atoms with Crippen LogP contribution in [0.4, 0.5) is 0 Å². The summed E-state index contributed by atoms with van der Waals surface area (Å²) in [7, 11) is 0. The highest BCUT2D eigenvalue weighted by Gasteiger charge is 2.13. The van der Waals surface area contributed by atoms with E-state index in [1.54, 1.807) is 6.92 Å². The maximum Gasteiger partial charge on any atom is 0.0783 e. The number of halogens is 1.